The maximum atomic E-state index is 13.4. The van der Waals surface area contributed by atoms with Gasteiger partial charge < -0.3 is 14.3 Å². The highest BCUT2D eigenvalue weighted by atomic mass is 79.9. The summed E-state index contributed by atoms with van der Waals surface area (Å²) in [5.74, 6) is 1.04. The number of aryl methyl sites for hydroxylation is 2. The molecule has 0 spiro atoms. The molecule has 1 amide bonds. The van der Waals surface area contributed by atoms with Gasteiger partial charge in [0.25, 0.3) is 5.91 Å². The number of halogens is 2. The second-order valence-electron chi connectivity index (χ2n) is 6.92. The molecule has 0 radical (unpaired) electrons. The number of carbonyl (C=O) groups excluding carboxylic acids is 1. The molecular weight excluding hydrogens is 449 g/mol. The predicted octanol–water partition coefficient (Wildman–Crippen LogP) is 5.96. The Morgan fingerprint density at radius 1 is 1.10 bits per heavy atom. The maximum Gasteiger partial charge on any atom is 0.261 e. The Bertz CT molecular complexity index is 1200. The highest BCUT2D eigenvalue weighted by Gasteiger charge is 2.23. The Labute approximate surface area is 181 Å². The molecule has 4 rings (SSSR count). The van der Waals surface area contributed by atoms with Gasteiger partial charge in [-0.05, 0) is 59.6 Å². The van der Waals surface area contributed by atoms with Crippen LogP contribution in [0.4, 0.5) is 10.2 Å². The molecule has 0 bridgehead atoms. The quantitative estimate of drug-likeness (QED) is 0.393. The van der Waals surface area contributed by atoms with Crippen molar-refractivity contribution in [3.63, 3.8) is 0 Å². The summed E-state index contributed by atoms with van der Waals surface area (Å²) in [7, 11) is 0. The molecule has 30 heavy (non-hydrogen) atoms. The summed E-state index contributed by atoms with van der Waals surface area (Å²) >= 11 is 3.43. The maximum absolute atomic E-state index is 13.4. The van der Waals surface area contributed by atoms with E-state index in [-0.39, 0.29) is 11.7 Å². The molecule has 4 aromatic rings. The number of carbonyl (C=O) groups is 1. The third kappa shape index (κ3) is 3.93. The van der Waals surface area contributed by atoms with Crippen LogP contribution in [0.15, 0.2) is 69.8 Å². The first-order valence-electron chi connectivity index (χ1n) is 9.36. The summed E-state index contributed by atoms with van der Waals surface area (Å²) in [5, 5.41) is 2.98. The van der Waals surface area contributed by atoms with E-state index in [0.29, 0.717) is 45.2 Å². The van der Waals surface area contributed by atoms with Crippen LogP contribution < -0.4 is 5.32 Å². The molecule has 0 aliphatic carbocycles. The molecule has 0 unspecified atom stereocenters. The Morgan fingerprint density at radius 3 is 2.43 bits per heavy atom. The van der Waals surface area contributed by atoms with Crippen molar-refractivity contribution in [3.05, 3.63) is 93.9 Å². The zero-order valence-corrected chi connectivity index (χ0v) is 18.0. The second kappa shape index (κ2) is 8.28. The fraction of sp³-hybridized carbons (Fsp3) is 0.130. The highest BCUT2D eigenvalue weighted by molar-refractivity contribution is 9.10. The first-order chi connectivity index (χ1) is 14.4. The lowest BCUT2D eigenvalue weighted by Gasteiger charge is -2.12. The molecular formula is C23H19BrFN3O2. The summed E-state index contributed by atoms with van der Waals surface area (Å²) in [5.41, 5.74) is 2.77. The summed E-state index contributed by atoms with van der Waals surface area (Å²) in [4.78, 5) is 17.6. The number of rotatable bonds is 5. The molecule has 1 N–H and O–H groups in total. The normalized spacial score (nSPS) is 10.9. The first-order valence-corrected chi connectivity index (χ1v) is 10.1. The molecule has 7 heteroatoms. The molecule has 2 aromatic carbocycles. The Balaban J connectivity index is 1.75. The number of amides is 1. The van der Waals surface area contributed by atoms with Crippen LogP contribution in [-0.2, 0) is 6.54 Å². The van der Waals surface area contributed by atoms with Gasteiger partial charge >= 0.3 is 0 Å². The number of anilines is 1. The van der Waals surface area contributed by atoms with Gasteiger partial charge in [0.15, 0.2) is 0 Å². The topological polar surface area (TPSA) is 60.1 Å². The summed E-state index contributed by atoms with van der Waals surface area (Å²) in [6.07, 6.45) is 1.67. The van der Waals surface area contributed by atoms with Gasteiger partial charge in [0.1, 0.15) is 28.8 Å². The molecule has 0 atom stereocenters. The van der Waals surface area contributed by atoms with Crippen LogP contribution in [0.2, 0.25) is 0 Å². The number of hydrogen-bond acceptors (Lipinski definition) is 3. The molecule has 0 saturated carbocycles. The van der Waals surface area contributed by atoms with E-state index >= 15 is 0 Å². The summed E-state index contributed by atoms with van der Waals surface area (Å²) in [6.45, 7) is 4.06. The zero-order valence-electron chi connectivity index (χ0n) is 16.4. The molecule has 2 aromatic heterocycles. The third-order valence-electron chi connectivity index (χ3n) is 4.80. The number of nitrogens with zero attached hydrogens (tertiary/aromatic N) is 2. The number of furan rings is 1. The van der Waals surface area contributed by atoms with E-state index in [1.54, 1.807) is 32.3 Å². The molecule has 5 nitrogen and oxygen atoms in total. The third-order valence-corrected chi connectivity index (χ3v) is 5.75. The van der Waals surface area contributed by atoms with Gasteiger partial charge in [-0.3, -0.25) is 4.79 Å². The standard InChI is InChI=1S/C23H19BrFN3O2/c1-14-19(20(24)15(2)30-14)23(29)27-22-21(17-8-10-18(25)11-9-17)26-13-28(22)12-16-6-4-3-5-7-16/h3-11,13H,12H2,1-2H3,(H,27,29). The van der Waals surface area contributed by atoms with E-state index in [9.17, 15) is 9.18 Å². The largest absolute Gasteiger partial charge is 0.465 e. The highest BCUT2D eigenvalue weighted by Crippen LogP contribution is 2.31. The molecule has 152 valence electrons. The van der Waals surface area contributed by atoms with E-state index in [4.69, 9.17) is 4.42 Å². The average molecular weight is 468 g/mol. The van der Waals surface area contributed by atoms with Crippen molar-refractivity contribution < 1.29 is 13.6 Å². The minimum absolute atomic E-state index is 0.311. The van der Waals surface area contributed by atoms with Crippen molar-refractivity contribution in [2.75, 3.05) is 5.32 Å². The van der Waals surface area contributed by atoms with Crippen LogP contribution in [0.5, 0.6) is 0 Å². The number of benzene rings is 2. The zero-order chi connectivity index (χ0) is 21.3. The van der Waals surface area contributed by atoms with Gasteiger partial charge in [-0.1, -0.05) is 30.3 Å². The van der Waals surface area contributed by atoms with Crippen LogP contribution >= 0.6 is 15.9 Å². The van der Waals surface area contributed by atoms with Crippen LogP contribution in [0.1, 0.15) is 27.4 Å². The summed E-state index contributed by atoms with van der Waals surface area (Å²) in [6, 6.07) is 15.9. The van der Waals surface area contributed by atoms with Crippen molar-refractivity contribution in [1.29, 1.82) is 0 Å². The molecule has 0 aliphatic heterocycles. The number of hydrogen-bond donors (Lipinski definition) is 1. The van der Waals surface area contributed by atoms with Crippen molar-refractivity contribution in [2.45, 2.75) is 20.4 Å². The van der Waals surface area contributed by atoms with Crippen molar-refractivity contribution >= 4 is 27.7 Å². The van der Waals surface area contributed by atoms with E-state index in [2.05, 4.69) is 26.2 Å². The lowest BCUT2D eigenvalue weighted by atomic mass is 10.1. The molecule has 0 fully saturated rings. The van der Waals surface area contributed by atoms with Crippen molar-refractivity contribution in [1.82, 2.24) is 9.55 Å². The van der Waals surface area contributed by atoms with E-state index in [0.717, 1.165) is 5.56 Å². The van der Waals surface area contributed by atoms with Gasteiger partial charge in [-0.15, -0.1) is 0 Å². The number of aromatic nitrogens is 2. The minimum Gasteiger partial charge on any atom is -0.465 e. The van der Waals surface area contributed by atoms with E-state index < -0.39 is 0 Å². The monoisotopic (exact) mass is 467 g/mol. The van der Waals surface area contributed by atoms with Crippen LogP contribution in [0.3, 0.4) is 0 Å². The fourth-order valence-electron chi connectivity index (χ4n) is 3.32. The smallest absolute Gasteiger partial charge is 0.261 e. The molecule has 2 heterocycles. The predicted molar refractivity (Wildman–Crippen MR) is 117 cm³/mol. The average Bonchev–Trinajstić information content (AvgIpc) is 3.23. The lowest BCUT2D eigenvalue weighted by Crippen LogP contribution is -2.17. The second-order valence-corrected chi connectivity index (χ2v) is 7.71. The van der Waals surface area contributed by atoms with Crippen LogP contribution in [0, 0.1) is 19.7 Å². The van der Waals surface area contributed by atoms with E-state index in [1.807, 2.05) is 34.9 Å². The van der Waals surface area contributed by atoms with Gasteiger partial charge in [0, 0.05) is 5.56 Å². The van der Waals surface area contributed by atoms with Gasteiger partial charge in [-0.2, -0.15) is 0 Å². The van der Waals surface area contributed by atoms with E-state index in [1.165, 1.54) is 12.1 Å². The molecule has 0 saturated heterocycles. The van der Waals surface area contributed by atoms with Gasteiger partial charge in [0.2, 0.25) is 0 Å². The first kappa shape index (κ1) is 20.1. The van der Waals surface area contributed by atoms with Gasteiger partial charge in [0.05, 0.1) is 22.9 Å². The lowest BCUT2D eigenvalue weighted by molar-refractivity contribution is 0.102. The summed E-state index contributed by atoms with van der Waals surface area (Å²) < 4.78 is 21.5. The Kier molecular flexibility index (Phi) is 5.55. The van der Waals surface area contributed by atoms with Crippen molar-refractivity contribution in [3.8, 4) is 11.3 Å². The number of nitrogens with one attached hydrogen (secondary N) is 1. The Hall–Kier alpha value is -3.19. The fourth-order valence-corrected chi connectivity index (χ4v) is 3.86. The Morgan fingerprint density at radius 2 is 1.80 bits per heavy atom. The van der Waals surface area contributed by atoms with Crippen molar-refractivity contribution in [2.24, 2.45) is 0 Å². The number of imidazole rings is 1. The SMILES string of the molecule is Cc1oc(C)c(C(=O)Nc2c(-c3ccc(F)cc3)ncn2Cc2ccccc2)c1Br. The molecule has 0 aliphatic rings. The van der Waals surface area contributed by atoms with Crippen LogP contribution in [-0.4, -0.2) is 15.5 Å². The van der Waals surface area contributed by atoms with Crippen LogP contribution in [0.25, 0.3) is 11.3 Å². The van der Waals surface area contributed by atoms with Gasteiger partial charge in [-0.25, -0.2) is 9.37 Å². The minimum atomic E-state index is -0.332.